The number of nitrogens with zero attached hydrogens (tertiary/aromatic N) is 1. The van der Waals surface area contributed by atoms with E-state index in [0.717, 1.165) is 29.5 Å². The summed E-state index contributed by atoms with van der Waals surface area (Å²) in [4.78, 5) is 7.79. The lowest BCUT2D eigenvalue weighted by atomic mass is 10.2. The number of thiazole rings is 1. The molecule has 1 aliphatic rings. The van der Waals surface area contributed by atoms with Gasteiger partial charge in [0.2, 0.25) is 0 Å². The van der Waals surface area contributed by atoms with Gasteiger partial charge in [0.1, 0.15) is 5.01 Å². The van der Waals surface area contributed by atoms with Crippen molar-refractivity contribution in [1.82, 2.24) is 15.3 Å². The van der Waals surface area contributed by atoms with Crippen LogP contribution in [0, 0.1) is 0 Å². The number of H-pyrrole nitrogens is 1. The van der Waals surface area contributed by atoms with Crippen LogP contribution >= 0.6 is 11.3 Å². The van der Waals surface area contributed by atoms with Crippen LogP contribution in [0.2, 0.25) is 0 Å². The Kier molecular flexibility index (Phi) is 2.73. The number of hydrogen-bond donors (Lipinski definition) is 2. The topological polar surface area (TPSA) is 49.9 Å². The van der Waals surface area contributed by atoms with Crippen molar-refractivity contribution in [2.75, 3.05) is 19.8 Å². The molecular formula is C11H13N3OS. The molecule has 5 heteroatoms. The molecule has 1 aliphatic heterocycles. The summed E-state index contributed by atoms with van der Waals surface area (Å²) in [6.45, 7) is 2.41. The van der Waals surface area contributed by atoms with Gasteiger partial charge in [0, 0.05) is 18.1 Å². The van der Waals surface area contributed by atoms with Crippen molar-refractivity contribution in [3.63, 3.8) is 0 Å². The van der Waals surface area contributed by atoms with Crippen molar-refractivity contribution in [3.05, 3.63) is 29.4 Å². The number of aromatic amines is 1. The number of ether oxygens (including phenoxy) is 1. The lowest BCUT2D eigenvalue weighted by Gasteiger charge is -2.21. The van der Waals surface area contributed by atoms with Gasteiger partial charge >= 0.3 is 0 Å². The van der Waals surface area contributed by atoms with Gasteiger partial charge in [-0.3, -0.25) is 0 Å². The molecule has 84 valence electrons. The van der Waals surface area contributed by atoms with Crippen molar-refractivity contribution in [2.24, 2.45) is 0 Å². The molecule has 0 radical (unpaired) electrons. The molecule has 1 unspecified atom stereocenters. The first-order valence-electron chi connectivity index (χ1n) is 5.34. The minimum Gasteiger partial charge on any atom is -0.378 e. The molecule has 0 bridgehead atoms. The highest BCUT2D eigenvalue weighted by molar-refractivity contribution is 7.13. The van der Waals surface area contributed by atoms with Gasteiger partial charge in [-0.15, -0.1) is 11.3 Å². The zero-order valence-corrected chi connectivity index (χ0v) is 9.59. The lowest BCUT2D eigenvalue weighted by molar-refractivity contribution is 0.0758. The fourth-order valence-corrected chi connectivity index (χ4v) is 2.65. The zero-order valence-electron chi connectivity index (χ0n) is 8.77. The van der Waals surface area contributed by atoms with E-state index in [0.29, 0.717) is 6.61 Å². The van der Waals surface area contributed by atoms with Gasteiger partial charge in [-0.25, -0.2) is 4.98 Å². The van der Waals surface area contributed by atoms with Gasteiger partial charge in [-0.2, -0.15) is 0 Å². The molecular weight excluding hydrogens is 222 g/mol. The first-order valence-corrected chi connectivity index (χ1v) is 6.22. The Labute approximate surface area is 97.7 Å². The first-order chi connectivity index (χ1) is 7.93. The Balaban J connectivity index is 1.82. The fourth-order valence-electron chi connectivity index (χ4n) is 1.79. The van der Waals surface area contributed by atoms with Crippen LogP contribution in [0.15, 0.2) is 23.7 Å². The Morgan fingerprint density at radius 2 is 2.50 bits per heavy atom. The van der Waals surface area contributed by atoms with E-state index >= 15 is 0 Å². The third-order valence-corrected chi connectivity index (χ3v) is 3.52. The van der Waals surface area contributed by atoms with Crippen molar-refractivity contribution in [3.8, 4) is 10.7 Å². The summed E-state index contributed by atoms with van der Waals surface area (Å²) < 4.78 is 5.43. The SMILES string of the molecule is c1c[nH]c(-c2nc(C3COCCN3)cs2)c1. The standard InChI is InChI=1S/C11H13N3OS/c1-2-8(12-3-1)11-14-10(7-16-11)9-6-15-5-4-13-9/h1-3,7,9,12-13H,4-6H2. The molecule has 3 heterocycles. The molecule has 2 aromatic heterocycles. The van der Waals surface area contributed by atoms with Crippen LogP contribution in [-0.2, 0) is 4.74 Å². The fraction of sp³-hybridized carbons (Fsp3) is 0.364. The molecule has 2 aromatic rings. The van der Waals surface area contributed by atoms with E-state index < -0.39 is 0 Å². The van der Waals surface area contributed by atoms with Crippen LogP contribution in [0.4, 0.5) is 0 Å². The molecule has 2 N–H and O–H groups in total. The summed E-state index contributed by atoms with van der Waals surface area (Å²) in [7, 11) is 0. The second kappa shape index (κ2) is 4.37. The molecule has 0 saturated carbocycles. The van der Waals surface area contributed by atoms with E-state index in [1.165, 1.54) is 0 Å². The van der Waals surface area contributed by atoms with Gasteiger partial charge in [-0.1, -0.05) is 0 Å². The maximum atomic E-state index is 5.43. The summed E-state index contributed by atoms with van der Waals surface area (Å²) in [5.74, 6) is 0. The van der Waals surface area contributed by atoms with Gasteiger partial charge in [0.05, 0.1) is 30.6 Å². The molecule has 4 nitrogen and oxygen atoms in total. The van der Waals surface area contributed by atoms with Crippen LogP contribution in [0.1, 0.15) is 11.7 Å². The third kappa shape index (κ3) is 1.89. The van der Waals surface area contributed by atoms with E-state index in [4.69, 9.17) is 4.74 Å². The number of hydrogen-bond acceptors (Lipinski definition) is 4. The van der Waals surface area contributed by atoms with Crippen LogP contribution in [-0.4, -0.2) is 29.7 Å². The van der Waals surface area contributed by atoms with Crippen molar-refractivity contribution < 1.29 is 4.74 Å². The predicted molar refractivity (Wildman–Crippen MR) is 63.5 cm³/mol. The number of morpholine rings is 1. The average molecular weight is 235 g/mol. The van der Waals surface area contributed by atoms with E-state index in [1.54, 1.807) is 11.3 Å². The van der Waals surface area contributed by atoms with E-state index in [2.05, 4.69) is 20.7 Å². The number of aromatic nitrogens is 2. The second-order valence-electron chi connectivity index (χ2n) is 3.74. The monoisotopic (exact) mass is 235 g/mol. The summed E-state index contributed by atoms with van der Waals surface area (Å²) in [5.41, 5.74) is 2.15. The van der Waals surface area contributed by atoms with Crippen molar-refractivity contribution in [1.29, 1.82) is 0 Å². The Hall–Kier alpha value is -1.17. The number of nitrogens with one attached hydrogen (secondary N) is 2. The average Bonchev–Trinajstić information content (AvgIpc) is 3.01. The highest BCUT2D eigenvalue weighted by Crippen LogP contribution is 2.25. The van der Waals surface area contributed by atoms with E-state index in [9.17, 15) is 0 Å². The molecule has 0 aromatic carbocycles. The molecule has 0 amide bonds. The lowest BCUT2D eigenvalue weighted by Crippen LogP contribution is -2.34. The van der Waals surface area contributed by atoms with Gasteiger partial charge in [0.15, 0.2) is 0 Å². The van der Waals surface area contributed by atoms with Gasteiger partial charge in [-0.05, 0) is 12.1 Å². The Morgan fingerprint density at radius 1 is 1.50 bits per heavy atom. The van der Waals surface area contributed by atoms with Crippen LogP contribution < -0.4 is 5.32 Å². The predicted octanol–water partition coefficient (Wildman–Crippen LogP) is 1.80. The van der Waals surface area contributed by atoms with E-state index in [-0.39, 0.29) is 6.04 Å². The van der Waals surface area contributed by atoms with Crippen LogP contribution in [0.5, 0.6) is 0 Å². The number of rotatable bonds is 2. The molecule has 1 saturated heterocycles. The molecule has 0 aliphatic carbocycles. The molecule has 16 heavy (non-hydrogen) atoms. The minimum atomic E-state index is 0.244. The molecule has 3 rings (SSSR count). The van der Waals surface area contributed by atoms with Crippen molar-refractivity contribution in [2.45, 2.75) is 6.04 Å². The third-order valence-electron chi connectivity index (χ3n) is 2.63. The summed E-state index contributed by atoms with van der Waals surface area (Å²) in [6, 6.07) is 4.26. The van der Waals surface area contributed by atoms with Gasteiger partial charge < -0.3 is 15.0 Å². The van der Waals surface area contributed by atoms with Gasteiger partial charge in [0.25, 0.3) is 0 Å². The quantitative estimate of drug-likeness (QED) is 0.834. The highest BCUT2D eigenvalue weighted by Gasteiger charge is 2.18. The minimum absolute atomic E-state index is 0.244. The van der Waals surface area contributed by atoms with E-state index in [1.807, 2.05) is 18.3 Å². The normalized spacial score (nSPS) is 21.1. The largest absolute Gasteiger partial charge is 0.378 e. The summed E-state index contributed by atoms with van der Waals surface area (Å²) >= 11 is 1.66. The molecule has 1 atom stereocenters. The van der Waals surface area contributed by atoms with Crippen molar-refractivity contribution >= 4 is 11.3 Å². The smallest absolute Gasteiger partial charge is 0.139 e. The second-order valence-corrected chi connectivity index (χ2v) is 4.60. The molecule has 0 spiro atoms. The van der Waals surface area contributed by atoms with Crippen LogP contribution in [0.3, 0.4) is 0 Å². The maximum absolute atomic E-state index is 5.43. The highest BCUT2D eigenvalue weighted by atomic mass is 32.1. The maximum Gasteiger partial charge on any atom is 0.139 e. The van der Waals surface area contributed by atoms with Crippen LogP contribution in [0.25, 0.3) is 10.7 Å². The molecule has 1 fully saturated rings. The zero-order chi connectivity index (χ0) is 10.8. The summed E-state index contributed by atoms with van der Waals surface area (Å²) in [5, 5.41) is 6.54. The summed E-state index contributed by atoms with van der Waals surface area (Å²) in [6.07, 6.45) is 1.92. The first kappa shape index (κ1) is 10.0. The Bertz CT molecular complexity index is 446. The Morgan fingerprint density at radius 3 is 3.25 bits per heavy atom.